The quantitative estimate of drug-likeness (QED) is 0.315. The predicted molar refractivity (Wildman–Crippen MR) is 125 cm³/mol. The standard InChI is InChI=1S/C22H24BrCl2N3O2/c1-2-29-21-11-17(13-26-6-3-8-28-9-7-27-15-28)18(23)12-22(21)30-14-16-4-5-19(24)20(25)10-16/h4-5,7,9-12,15,26H,2-3,6,8,13-14H2,1H3. The Morgan fingerprint density at radius 3 is 2.67 bits per heavy atom. The molecule has 0 unspecified atom stereocenters. The van der Waals surface area contributed by atoms with E-state index in [1.165, 1.54) is 0 Å². The lowest BCUT2D eigenvalue weighted by molar-refractivity contribution is 0.269. The van der Waals surface area contributed by atoms with Crippen molar-refractivity contribution in [2.75, 3.05) is 13.2 Å². The lowest BCUT2D eigenvalue weighted by Crippen LogP contribution is -2.16. The molecule has 1 aromatic heterocycles. The minimum absolute atomic E-state index is 0.370. The highest BCUT2D eigenvalue weighted by Crippen LogP contribution is 2.34. The lowest BCUT2D eigenvalue weighted by Gasteiger charge is -2.16. The summed E-state index contributed by atoms with van der Waals surface area (Å²) in [6.07, 6.45) is 6.63. The number of aryl methyl sites for hydroxylation is 1. The summed E-state index contributed by atoms with van der Waals surface area (Å²) in [4.78, 5) is 4.06. The predicted octanol–water partition coefficient (Wildman–Crippen LogP) is 6.11. The second-order valence-electron chi connectivity index (χ2n) is 6.69. The van der Waals surface area contributed by atoms with Gasteiger partial charge in [0.05, 0.1) is 23.0 Å². The Labute approximate surface area is 195 Å². The molecule has 1 N–H and O–H groups in total. The van der Waals surface area contributed by atoms with E-state index < -0.39 is 0 Å². The Balaban J connectivity index is 1.58. The largest absolute Gasteiger partial charge is 0.490 e. The average Bonchev–Trinajstić information content (AvgIpc) is 3.24. The van der Waals surface area contributed by atoms with E-state index in [1.807, 2.05) is 37.6 Å². The molecule has 3 aromatic rings. The number of aromatic nitrogens is 2. The van der Waals surface area contributed by atoms with Crippen LogP contribution in [0.2, 0.25) is 10.0 Å². The van der Waals surface area contributed by atoms with E-state index in [4.69, 9.17) is 32.7 Å². The summed E-state index contributed by atoms with van der Waals surface area (Å²) in [5.74, 6) is 1.40. The first-order valence-corrected chi connectivity index (χ1v) is 11.3. The van der Waals surface area contributed by atoms with Crippen LogP contribution < -0.4 is 14.8 Å². The van der Waals surface area contributed by atoms with Crippen LogP contribution in [0.15, 0.2) is 53.5 Å². The highest BCUT2D eigenvalue weighted by Gasteiger charge is 2.12. The van der Waals surface area contributed by atoms with Gasteiger partial charge in [-0.15, -0.1) is 0 Å². The van der Waals surface area contributed by atoms with E-state index in [0.717, 1.165) is 47.4 Å². The molecule has 0 spiro atoms. The van der Waals surface area contributed by atoms with Crippen molar-refractivity contribution >= 4 is 39.1 Å². The number of nitrogens with zero attached hydrogens (tertiary/aromatic N) is 2. The van der Waals surface area contributed by atoms with Crippen molar-refractivity contribution in [2.24, 2.45) is 0 Å². The number of ether oxygens (including phenoxy) is 2. The van der Waals surface area contributed by atoms with Crippen LogP contribution in [0.3, 0.4) is 0 Å². The molecular weight excluding hydrogens is 489 g/mol. The highest BCUT2D eigenvalue weighted by molar-refractivity contribution is 9.10. The van der Waals surface area contributed by atoms with E-state index in [1.54, 1.807) is 18.3 Å². The number of hydrogen-bond acceptors (Lipinski definition) is 4. The summed E-state index contributed by atoms with van der Waals surface area (Å²) < 4.78 is 14.9. The smallest absolute Gasteiger partial charge is 0.162 e. The topological polar surface area (TPSA) is 48.3 Å². The summed E-state index contributed by atoms with van der Waals surface area (Å²) in [5, 5.41) is 4.52. The second kappa shape index (κ2) is 11.6. The first-order chi connectivity index (χ1) is 14.6. The fourth-order valence-corrected chi connectivity index (χ4v) is 3.70. The van der Waals surface area contributed by atoms with Crippen LogP contribution in [0.4, 0.5) is 0 Å². The number of benzene rings is 2. The third-order valence-corrected chi connectivity index (χ3v) is 5.91. The van der Waals surface area contributed by atoms with Gasteiger partial charge in [-0.2, -0.15) is 0 Å². The zero-order valence-corrected chi connectivity index (χ0v) is 19.8. The fraction of sp³-hybridized carbons (Fsp3) is 0.318. The monoisotopic (exact) mass is 511 g/mol. The summed E-state index contributed by atoms with van der Waals surface area (Å²) >= 11 is 15.7. The Bertz CT molecular complexity index is 952. The highest BCUT2D eigenvalue weighted by atomic mass is 79.9. The van der Waals surface area contributed by atoms with E-state index in [2.05, 4.69) is 30.8 Å². The van der Waals surface area contributed by atoms with Crippen molar-refractivity contribution < 1.29 is 9.47 Å². The molecular formula is C22H24BrCl2N3O2. The third kappa shape index (κ3) is 6.64. The van der Waals surface area contributed by atoms with Gasteiger partial charge in [0.25, 0.3) is 0 Å². The van der Waals surface area contributed by atoms with Gasteiger partial charge in [-0.25, -0.2) is 4.98 Å². The molecule has 160 valence electrons. The van der Waals surface area contributed by atoms with Gasteiger partial charge in [0, 0.05) is 30.0 Å². The van der Waals surface area contributed by atoms with E-state index in [9.17, 15) is 0 Å². The van der Waals surface area contributed by atoms with Crippen molar-refractivity contribution in [1.29, 1.82) is 0 Å². The van der Waals surface area contributed by atoms with Gasteiger partial charge < -0.3 is 19.4 Å². The maximum absolute atomic E-state index is 6.09. The van der Waals surface area contributed by atoms with E-state index in [-0.39, 0.29) is 0 Å². The van der Waals surface area contributed by atoms with Crippen molar-refractivity contribution in [2.45, 2.75) is 33.0 Å². The molecule has 2 aromatic carbocycles. The van der Waals surface area contributed by atoms with Crippen molar-refractivity contribution in [3.63, 3.8) is 0 Å². The molecule has 0 radical (unpaired) electrons. The van der Waals surface area contributed by atoms with Gasteiger partial charge in [-0.3, -0.25) is 0 Å². The van der Waals surface area contributed by atoms with Gasteiger partial charge in [-0.1, -0.05) is 45.2 Å². The molecule has 0 fully saturated rings. The van der Waals surface area contributed by atoms with Gasteiger partial charge in [0.15, 0.2) is 11.5 Å². The van der Waals surface area contributed by atoms with Crippen LogP contribution >= 0.6 is 39.1 Å². The first-order valence-electron chi connectivity index (χ1n) is 9.75. The molecule has 3 rings (SSSR count). The average molecular weight is 513 g/mol. The van der Waals surface area contributed by atoms with E-state index >= 15 is 0 Å². The lowest BCUT2D eigenvalue weighted by atomic mass is 10.2. The molecule has 0 bridgehead atoms. The molecule has 0 aliphatic rings. The Kier molecular flexibility index (Phi) is 8.88. The van der Waals surface area contributed by atoms with Gasteiger partial charge >= 0.3 is 0 Å². The van der Waals surface area contributed by atoms with Crippen LogP contribution in [0.5, 0.6) is 11.5 Å². The number of rotatable bonds is 11. The van der Waals surface area contributed by atoms with Crippen LogP contribution in [-0.2, 0) is 19.7 Å². The number of halogens is 3. The fourth-order valence-electron chi connectivity index (χ4n) is 2.91. The normalized spacial score (nSPS) is 10.9. The second-order valence-corrected chi connectivity index (χ2v) is 8.36. The summed E-state index contributed by atoms with van der Waals surface area (Å²) in [5.41, 5.74) is 2.05. The molecule has 0 amide bonds. The minimum atomic E-state index is 0.370. The minimum Gasteiger partial charge on any atom is -0.490 e. The van der Waals surface area contributed by atoms with Crippen molar-refractivity contribution in [3.05, 3.63) is 74.7 Å². The summed E-state index contributed by atoms with van der Waals surface area (Å²) in [6.45, 7) is 5.47. The summed E-state index contributed by atoms with van der Waals surface area (Å²) in [6, 6.07) is 9.43. The maximum atomic E-state index is 6.09. The zero-order valence-electron chi connectivity index (χ0n) is 16.7. The molecule has 30 heavy (non-hydrogen) atoms. The van der Waals surface area contributed by atoms with Crippen molar-refractivity contribution in [1.82, 2.24) is 14.9 Å². The molecule has 8 heteroatoms. The Hall–Kier alpha value is -1.73. The number of hydrogen-bond donors (Lipinski definition) is 1. The van der Waals surface area contributed by atoms with Crippen LogP contribution in [0.25, 0.3) is 0 Å². The Morgan fingerprint density at radius 2 is 1.93 bits per heavy atom. The zero-order chi connectivity index (χ0) is 21.3. The number of nitrogens with one attached hydrogen (secondary N) is 1. The van der Waals surface area contributed by atoms with Crippen LogP contribution in [0.1, 0.15) is 24.5 Å². The van der Waals surface area contributed by atoms with Gasteiger partial charge in [0.1, 0.15) is 6.61 Å². The molecule has 1 heterocycles. The third-order valence-electron chi connectivity index (χ3n) is 4.44. The SMILES string of the molecule is CCOc1cc(CNCCCn2ccnc2)c(Br)cc1OCc1ccc(Cl)c(Cl)c1. The van der Waals surface area contributed by atoms with Crippen LogP contribution in [-0.4, -0.2) is 22.7 Å². The molecule has 5 nitrogen and oxygen atoms in total. The first kappa shape index (κ1) is 22.9. The van der Waals surface area contributed by atoms with Gasteiger partial charge in [-0.05, 0) is 55.3 Å². The molecule has 0 saturated carbocycles. The van der Waals surface area contributed by atoms with Gasteiger partial charge in [0.2, 0.25) is 0 Å². The molecule has 0 saturated heterocycles. The Morgan fingerprint density at radius 1 is 1.10 bits per heavy atom. The molecule has 0 aliphatic heterocycles. The van der Waals surface area contributed by atoms with Crippen LogP contribution in [0, 0.1) is 0 Å². The molecule has 0 atom stereocenters. The summed E-state index contributed by atoms with van der Waals surface area (Å²) in [7, 11) is 0. The maximum Gasteiger partial charge on any atom is 0.162 e. The molecule has 0 aliphatic carbocycles. The number of imidazole rings is 1. The van der Waals surface area contributed by atoms with E-state index in [0.29, 0.717) is 29.0 Å². The van der Waals surface area contributed by atoms with Crippen molar-refractivity contribution in [3.8, 4) is 11.5 Å².